The molecule has 1 aliphatic heterocycles. The van der Waals surface area contributed by atoms with Crippen molar-refractivity contribution >= 4 is 17.2 Å². The third-order valence-corrected chi connectivity index (χ3v) is 4.71. The van der Waals surface area contributed by atoms with Crippen LogP contribution in [-0.4, -0.2) is 36.0 Å². The van der Waals surface area contributed by atoms with E-state index >= 15 is 0 Å². The number of carbonyl (C=O) groups excluding carboxylic acids is 1. The van der Waals surface area contributed by atoms with Crippen molar-refractivity contribution < 1.29 is 4.79 Å². The minimum absolute atomic E-state index is 0.204. The van der Waals surface area contributed by atoms with Gasteiger partial charge in [-0.3, -0.25) is 9.69 Å². The van der Waals surface area contributed by atoms with Gasteiger partial charge in [-0.2, -0.15) is 11.3 Å². The number of carbonyl (C=O) groups is 1. The van der Waals surface area contributed by atoms with Crippen LogP contribution in [0.5, 0.6) is 0 Å². The van der Waals surface area contributed by atoms with E-state index in [1.54, 1.807) is 11.3 Å². The van der Waals surface area contributed by atoms with Crippen molar-refractivity contribution in [1.29, 1.82) is 0 Å². The molecule has 1 saturated heterocycles. The number of hydrogen-bond donors (Lipinski definition) is 1. The standard InChI is InChI=1S/C14H20N2OS/c1-10-6-12(11-4-5-18-9-11)7-16(10)8-14(17)15-13-2-3-13/h4-5,9-10,12-13H,2-3,6-8H2,1H3,(H,15,17)/t10-,12+/m0/s1. The van der Waals surface area contributed by atoms with E-state index in [9.17, 15) is 4.79 Å². The van der Waals surface area contributed by atoms with Crippen molar-refractivity contribution in [2.75, 3.05) is 13.1 Å². The second kappa shape index (κ2) is 5.02. The van der Waals surface area contributed by atoms with E-state index in [0.29, 0.717) is 24.5 Å². The minimum atomic E-state index is 0.204. The van der Waals surface area contributed by atoms with Gasteiger partial charge in [0.15, 0.2) is 0 Å². The molecule has 2 heterocycles. The van der Waals surface area contributed by atoms with Crippen LogP contribution in [0.2, 0.25) is 0 Å². The number of thiophene rings is 1. The van der Waals surface area contributed by atoms with Crippen LogP contribution in [0.25, 0.3) is 0 Å². The lowest BCUT2D eigenvalue weighted by Gasteiger charge is -2.20. The quantitative estimate of drug-likeness (QED) is 0.904. The Hall–Kier alpha value is -0.870. The Bertz CT molecular complexity index is 413. The normalized spacial score (nSPS) is 28.5. The van der Waals surface area contributed by atoms with Crippen LogP contribution in [0, 0.1) is 0 Å². The first-order chi connectivity index (χ1) is 8.72. The summed E-state index contributed by atoms with van der Waals surface area (Å²) in [5, 5.41) is 7.45. The first-order valence-electron chi connectivity index (χ1n) is 6.78. The number of nitrogens with one attached hydrogen (secondary N) is 1. The SMILES string of the molecule is C[C@H]1C[C@@H](c2ccsc2)CN1CC(=O)NC1CC1. The summed E-state index contributed by atoms with van der Waals surface area (Å²) in [6, 6.07) is 3.21. The number of rotatable bonds is 4. The van der Waals surface area contributed by atoms with Crippen LogP contribution in [0.15, 0.2) is 16.8 Å². The molecule has 1 aliphatic carbocycles. The molecule has 0 spiro atoms. The predicted molar refractivity (Wildman–Crippen MR) is 73.9 cm³/mol. The number of nitrogens with zero attached hydrogens (tertiary/aromatic N) is 1. The Balaban J connectivity index is 1.55. The Labute approximate surface area is 112 Å². The van der Waals surface area contributed by atoms with Crippen molar-refractivity contribution in [2.24, 2.45) is 0 Å². The first kappa shape index (κ1) is 12.2. The molecule has 4 heteroatoms. The molecule has 98 valence electrons. The fourth-order valence-corrected chi connectivity index (χ4v) is 3.50. The van der Waals surface area contributed by atoms with Crippen LogP contribution in [0.4, 0.5) is 0 Å². The van der Waals surface area contributed by atoms with Gasteiger partial charge in [-0.1, -0.05) is 0 Å². The number of hydrogen-bond acceptors (Lipinski definition) is 3. The number of amides is 1. The molecule has 3 nitrogen and oxygen atoms in total. The lowest BCUT2D eigenvalue weighted by molar-refractivity contribution is -0.122. The van der Waals surface area contributed by atoms with Crippen molar-refractivity contribution in [2.45, 2.75) is 44.2 Å². The van der Waals surface area contributed by atoms with E-state index in [-0.39, 0.29) is 5.91 Å². The summed E-state index contributed by atoms with van der Waals surface area (Å²) in [4.78, 5) is 14.2. The largest absolute Gasteiger partial charge is 0.352 e. The van der Waals surface area contributed by atoms with Gasteiger partial charge in [0.1, 0.15) is 0 Å². The average Bonchev–Trinajstić information content (AvgIpc) is 2.86. The van der Waals surface area contributed by atoms with Gasteiger partial charge in [0.05, 0.1) is 6.54 Å². The van der Waals surface area contributed by atoms with Gasteiger partial charge in [-0.15, -0.1) is 0 Å². The molecule has 1 aromatic rings. The molecule has 0 bridgehead atoms. The predicted octanol–water partition coefficient (Wildman–Crippen LogP) is 2.20. The van der Waals surface area contributed by atoms with Gasteiger partial charge in [0.25, 0.3) is 0 Å². The third-order valence-electron chi connectivity index (χ3n) is 4.01. The van der Waals surface area contributed by atoms with Crippen LogP contribution >= 0.6 is 11.3 Å². The summed E-state index contributed by atoms with van der Waals surface area (Å²) >= 11 is 1.76. The first-order valence-corrected chi connectivity index (χ1v) is 7.72. The average molecular weight is 264 g/mol. The lowest BCUT2D eigenvalue weighted by Crippen LogP contribution is -2.39. The lowest BCUT2D eigenvalue weighted by atomic mass is 10.00. The molecule has 2 aliphatic rings. The van der Waals surface area contributed by atoms with Crippen LogP contribution in [0.1, 0.15) is 37.7 Å². The van der Waals surface area contributed by atoms with Gasteiger partial charge in [0, 0.05) is 18.6 Å². The van der Waals surface area contributed by atoms with E-state index in [2.05, 4.69) is 34.0 Å². The molecular formula is C14H20N2OS. The minimum Gasteiger partial charge on any atom is -0.352 e. The molecule has 0 unspecified atom stereocenters. The zero-order valence-electron chi connectivity index (χ0n) is 10.8. The Morgan fingerprint density at radius 2 is 2.39 bits per heavy atom. The maximum Gasteiger partial charge on any atom is 0.234 e. The monoisotopic (exact) mass is 264 g/mol. The molecule has 2 atom stereocenters. The van der Waals surface area contributed by atoms with E-state index in [0.717, 1.165) is 6.54 Å². The highest BCUT2D eigenvalue weighted by molar-refractivity contribution is 7.07. The van der Waals surface area contributed by atoms with Crippen molar-refractivity contribution in [1.82, 2.24) is 10.2 Å². The second-order valence-corrected chi connectivity index (χ2v) is 6.39. The van der Waals surface area contributed by atoms with Crippen molar-refractivity contribution in [3.63, 3.8) is 0 Å². The molecule has 0 aromatic carbocycles. The Morgan fingerprint density at radius 3 is 3.06 bits per heavy atom. The zero-order valence-corrected chi connectivity index (χ0v) is 11.6. The van der Waals surface area contributed by atoms with Crippen LogP contribution < -0.4 is 5.32 Å². The van der Waals surface area contributed by atoms with Gasteiger partial charge >= 0.3 is 0 Å². The zero-order chi connectivity index (χ0) is 12.5. The molecule has 0 radical (unpaired) electrons. The van der Waals surface area contributed by atoms with Gasteiger partial charge in [-0.25, -0.2) is 0 Å². The second-order valence-electron chi connectivity index (χ2n) is 5.61. The van der Waals surface area contributed by atoms with E-state index in [1.165, 1.54) is 24.8 Å². The summed E-state index contributed by atoms with van der Waals surface area (Å²) < 4.78 is 0. The van der Waals surface area contributed by atoms with E-state index in [1.807, 2.05) is 0 Å². The van der Waals surface area contributed by atoms with Crippen LogP contribution in [-0.2, 0) is 4.79 Å². The molecule has 1 amide bonds. The molecule has 1 saturated carbocycles. The van der Waals surface area contributed by atoms with Crippen molar-refractivity contribution in [3.8, 4) is 0 Å². The van der Waals surface area contributed by atoms with Crippen LogP contribution in [0.3, 0.4) is 0 Å². The maximum atomic E-state index is 11.8. The van der Waals surface area contributed by atoms with E-state index < -0.39 is 0 Å². The molecular weight excluding hydrogens is 244 g/mol. The Kier molecular flexibility index (Phi) is 3.39. The number of likely N-dealkylation sites (tertiary alicyclic amines) is 1. The molecule has 1 N–H and O–H groups in total. The summed E-state index contributed by atoms with van der Waals surface area (Å²) in [6.07, 6.45) is 3.51. The van der Waals surface area contributed by atoms with E-state index in [4.69, 9.17) is 0 Å². The molecule has 2 fully saturated rings. The fraction of sp³-hybridized carbons (Fsp3) is 0.643. The highest BCUT2D eigenvalue weighted by Crippen LogP contribution is 2.32. The summed E-state index contributed by atoms with van der Waals surface area (Å²) in [5.41, 5.74) is 1.44. The van der Waals surface area contributed by atoms with Crippen molar-refractivity contribution in [3.05, 3.63) is 22.4 Å². The maximum absolute atomic E-state index is 11.8. The van der Waals surface area contributed by atoms with Gasteiger partial charge in [0.2, 0.25) is 5.91 Å². The summed E-state index contributed by atoms with van der Waals surface area (Å²) in [6.45, 7) is 3.82. The summed E-state index contributed by atoms with van der Waals surface area (Å²) in [7, 11) is 0. The van der Waals surface area contributed by atoms with Gasteiger partial charge in [-0.05, 0) is 54.5 Å². The highest BCUT2D eigenvalue weighted by atomic mass is 32.1. The highest BCUT2D eigenvalue weighted by Gasteiger charge is 2.32. The molecule has 3 rings (SSSR count). The topological polar surface area (TPSA) is 32.3 Å². The summed E-state index contributed by atoms with van der Waals surface area (Å²) in [5.74, 6) is 0.815. The smallest absolute Gasteiger partial charge is 0.234 e. The fourth-order valence-electron chi connectivity index (χ4n) is 2.75. The van der Waals surface area contributed by atoms with Gasteiger partial charge < -0.3 is 5.32 Å². The Morgan fingerprint density at radius 1 is 1.56 bits per heavy atom. The molecule has 18 heavy (non-hydrogen) atoms. The third kappa shape index (κ3) is 2.75. The molecule has 1 aromatic heterocycles.